The zero-order chi connectivity index (χ0) is 11.6. The van der Waals surface area contributed by atoms with Crippen molar-refractivity contribution in [3.63, 3.8) is 0 Å². The number of hydrogen-bond acceptors (Lipinski definition) is 3. The van der Waals surface area contributed by atoms with Crippen molar-refractivity contribution in [1.29, 1.82) is 0 Å². The molecule has 0 fully saturated rings. The number of hydrogen-bond donors (Lipinski definition) is 2. The molecule has 3 nitrogen and oxygen atoms in total. The monoisotopic (exact) mass is 211 g/mol. The second kappa shape index (κ2) is 4.37. The summed E-state index contributed by atoms with van der Waals surface area (Å²) in [4.78, 5) is 0. The summed E-state index contributed by atoms with van der Waals surface area (Å²) in [5.41, 5.74) is 6.92. The lowest BCUT2D eigenvalue weighted by molar-refractivity contribution is 0.228. The van der Waals surface area contributed by atoms with E-state index in [-0.39, 0.29) is 18.1 Å². The highest BCUT2D eigenvalue weighted by Gasteiger charge is 2.33. The molecule has 0 spiro atoms. The van der Waals surface area contributed by atoms with Crippen molar-refractivity contribution in [3.8, 4) is 0 Å². The molecular formula is C12H21NO2. The molecule has 0 aliphatic heterocycles. The first-order valence-electron chi connectivity index (χ1n) is 5.35. The molecule has 1 heterocycles. The standard InChI is InChI=1S/C12H21NO2/c1-8-7-11(9(2)15-8)12(4,5-6-14)10(3)13/h7,10,14H,5-6,13H2,1-4H3. The van der Waals surface area contributed by atoms with Crippen LogP contribution < -0.4 is 5.73 Å². The van der Waals surface area contributed by atoms with E-state index in [1.165, 1.54) is 0 Å². The number of furan rings is 1. The summed E-state index contributed by atoms with van der Waals surface area (Å²) in [6.45, 7) is 8.06. The van der Waals surface area contributed by atoms with Gasteiger partial charge in [0.2, 0.25) is 0 Å². The first-order chi connectivity index (χ1) is 6.91. The molecule has 3 heteroatoms. The Bertz CT molecular complexity index is 330. The molecule has 0 aliphatic carbocycles. The molecule has 86 valence electrons. The first-order valence-corrected chi connectivity index (χ1v) is 5.35. The maximum Gasteiger partial charge on any atom is 0.104 e. The Labute approximate surface area is 91.3 Å². The topological polar surface area (TPSA) is 59.4 Å². The third-order valence-corrected chi connectivity index (χ3v) is 3.29. The number of aliphatic hydroxyl groups excluding tert-OH is 1. The van der Waals surface area contributed by atoms with Gasteiger partial charge in [-0.05, 0) is 33.3 Å². The van der Waals surface area contributed by atoms with Crippen molar-refractivity contribution in [1.82, 2.24) is 0 Å². The SMILES string of the molecule is Cc1cc(C(C)(CCO)C(C)N)c(C)o1. The van der Waals surface area contributed by atoms with Crippen LogP contribution in [0.4, 0.5) is 0 Å². The molecule has 0 saturated heterocycles. The molecule has 0 bridgehead atoms. The van der Waals surface area contributed by atoms with E-state index in [4.69, 9.17) is 15.3 Å². The summed E-state index contributed by atoms with van der Waals surface area (Å²) < 4.78 is 5.52. The Balaban J connectivity index is 3.14. The van der Waals surface area contributed by atoms with Gasteiger partial charge in [0.1, 0.15) is 11.5 Å². The molecule has 1 rings (SSSR count). The van der Waals surface area contributed by atoms with Crippen LogP contribution in [0.5, 0.6) is 0 Å². The number of rotatable bonds is 4. The smallest absolute Gasteiger partial charge is 0.104 e. The minimum absolute atomic E-state index is 0.0136. The van der Waals surface area contributed by atoms with Gasteiger partial charge in [0.25, 0.3) is 0 Å². The lowest BCUT2D eigenvalue weighted by Gasteiger charge is -2.32. The second-order valence-corrected chi connectivity index (χ2v) is 4.51. The third kappa shape index (κ3) is 2.24. The molecular weight excluding hydrogens is 190 g/mol. The fraction of sp³-hybridized carbons (Fsp3) is 0.667. The maximum absolute atomic E-state index is 9.12. The highest BCUT2D eigenvalue weighted by Crippen LogP contribution is 2.34. The number of aryl methyl sites for hydroxylation is 2. The van der Waals surface area contributed by atoms with E-state index >= 15 is 0 Å². The van der Waals surface area contributed by atoms with Crippen LogP contribution in [-0.2, 0) is 5.41 Å². The van der Waals surface area contributed by atoms with E-state index in [0.29, 0.717) is 6.42 Å². The summed E-state index contributed by atoms with van der Waals surface area (Å²) in [6.07, 6.45) is 0.657. The van der Waals surface area contributed by atoms with E-state index in [1.54, 1.807) is 0 Å². The molecule has 2 atom stereocenters. The molecule has 0 radical (unpaired) electrons. The number of nitrogens with two attached hydrogens (primary N) is 1. The fourth-order valence-corrected chi connectivity index (χ4v) is 2.04. The van der Waals surface area contributed by atoms with E-state index in [9.17, 15) is 0 Å². The van der Waals surface area contributed by atoms with Crippen molar-refractivity contribution < 1.29 is 9.52 Å². The average molecular weight is 211 g/mol. The quantitative estimate of drug-likeness (QED) is 0.799. The highest BCUT2D eigenvalue weighted by molar-refractivity contribution is 5.30. The highest BCUT2D eigenvalue weighted by atomic mass is 16.3. The van der Waals surface area contributed by atoms with Crippen LogP contribution >= 0.6 is 0 Å². The van der Waals surface area contributed by atoms with Gasteiger partial charge in [-0.2, -0.15) is 0 Å². The van der Waals surface area contributed by atoms with Gasteiger partial charge in [-0.3, -0.25) is 0 Å². The van der Waals surface area contributed by atoms with Gasteiger partial charge >= 0.3 is 0 Å². The minimum atomic E-state index is -0.212. The molecule has 0 saturated carbocycles. The molecule has 15 heavy (non-hydrogen) atoms. The van der Waals surface area contributed by atoms with Gasteiger partial charge in [0.15, 0.2) is 0 Å². The van der Waals surface area contributed by atoms with Crippen LogP contribution in [0.1, 0.15) is 37.4 Å². The summed E-state index contributed by atoms with van der Waals surface area (Å²) in [5, 5.41) is 9.12. The van der Waals surface area contributed by atoms with E-state index < -0.39 is 0 Å². The Hall–Kier alpha value is -0.800. The molecule has 0 aliphatic rings. The van der Waals surface area contributed by atoms with E-state index in [1.807, 2.05) is 26.8 Å². The minimum Gasteiger partial charge on any atom is -0.466 e. The van der Waals surface area contributed by atoms with E-state index in [0.717, 1.165) is 17.1 Å². The summed E-state index contributed by atoms with van der Waals surface area (Å²) >= 11 is 0. The van der Waals surface area contributed by atoms with Gasteiger partial charge in [0.05, 0.1) is 0 Å². The predicted octanol–water partition coefficient (Wildman–Crippen LogP) is 1.88. The summed E-state index contributed by atoms with van der Waals surface area (Å²) in [5.74, 6) is 1.80. The summed E-state index contributed by atoms with van der Waals surface area (Å²) in [6, 6.07) is 2.01. The van der Waals surface area contributed by atoms with Crippen molar-refractivity contribution >= 4 is 0 Å². The van der Waals surface area contributed by atoms with Crippen LogP contribution in [0, 0.1) is 13.8 Å². The van der Waals surface area contributed by atoms with Crippen molar-refractivity contribution in [2.45, 2.75) is 45.6 Å². The molecule has 3 N–H and O–H groups in total. The predicted molar refractivity (Wildman–Crippen MR) is 60.9 cm³/mol. The second-order valence-electron chi connectivity index (χ2n) is 4.51. The van der Waals surface area contributed by atoms with Gasteiger partial charge in [-0.15, -0.1) is 0 Å². The Morgan fingerprint density at radius 1 is 1.53 bits per heavy atom. The fourth-order valence-electron chi connectivity index (χ4n) is 2.04. The lowest BCUT2D eigenvalue weighted by Crippen LogP contribution is -2.41. The van der Waals surface area contributed by atoms with Crippen LogP contribution in [-0.4, -0.2) is 17.8 Å². The molecule has 2 unspecified atom stereocenters. The van der Waals surface area contributed by atoms with E-state index in [2.05, 4.69) is 6.92 Å². The Kier molecular flexibility index (Phi) is 3.58. The summed E-state index contributed by atoms with van der Waals surface area (Å²) in [7, 11) is 0. The zero-order valence-electron chi connectivity index (χ0n) is 10.0. The average Bonchev–Trinajstić information content (AvgIpc) is 2.45. The molecule has 0 amide bonds. The van der Waals surface area contributed by atoms with Gasteiger partial charge < -0.3 is 15.3 Å². The molecule has 1 aromatic rings. The van der Waals surface area contributed by atoms with Crippen molar-refractivity contribution in [3.05, 3.63) is 23.2 Å². The van der Waals surface area contributed by atoms with Crippen molar-refractivity contribution in [2.24, 2.45) is 5.73 Å². The normalized spacial score (nSPS) is 17.5. The zero-order valence-corrected chi connectivity index (χ0v) is 10.0. The van der Waals surface area contributed by atoms with Crippen molar-refractivity contribution in [2.75, 3.05) is 6.61 Å². The van der Waals surface area contributed by atoms with Crippen LogP contribution in [0.15, 0.2) is 10.5 Å². The largest absolute Gasteiger partial charge is 0.466 e. The van der Waals surface area contributed by atoms with Crippen LogP contribution in [0.3, 0.4) is 0 Å². The van der Waals surface area contributed by atoms with Gasteiger partial charge in [0, 0.05) is 23.6 Å². The Morgan fingerprint density at radius 3 is 2.47 bits per heavy atom. The molecule has 1 aromatic heterocycles. The third-order valence-electron chi connectivity index (χ3n) is 3.29. The van der Waals surface area contributed by atoms with Gasteiger partial charge in [-0.1, -0.05) is 6.92 Å². The number of aliphatic hydroxyl groups is 1. The maximum atomic E-state index is 9.12. The Morgan fingerprint density at radius 2 is 2.13 bits per heavy atom. The lowest BCUT2D eigenvalue weighted by atomic mass is 9.74. The van der Waals surface area contributed by atoms with Gasteiger partial charge in [-0.25, -0.2) is 0 Å². The van der Waals surface area contributed by atoms with Crippen LogP contribution in [0.2, 0.25) is 0 Å². The molecule has 0 aromatic carbocycles. The van der Waals surface area contributed by atoms with Crippen LogP contribution in [0.25, 0.3) is 0 Å². The first kappa shape index (κ1) is 12.3.